The highest BCUT2D eigenvalue weighted by Gasteiger charge is 2.55. The van der Waals surface area contributed by atoms with Gasteiger partial charge in [0.1, 0.15) is 6.54 Å². The van der Waals surface area contributed by atoms with Crippen LogP contribution < -0.4 is 10.0 Å². The number of carbonyl (C=O) groups excluding carboxylic acids is 2. The van der Waals surface area contributed by atoms with Crippen LogP contribution in [-0.2, 0) is 16.1 Å². The number of benzene rings is 1. The molecule has 2 fully saturated rings. The van der Waals surface area contributed by atoms with E-state index < -0.39 is 18.0 Å². The monoisotopic (exact) mass is 385 g/mol. The van der Waals surface area contributed by atoms with Crippen LogP contribution in [-0.4, -0.2) is 72.2 Å². The fourth-order valence-electron chi connectivity index (χ4n) is 4.74. The molecule has 1 aromatic rings. The zero-order valence-corrected chi connectivity index (χ0v) is 16.4. The standard InChI is InChI=1S/C21H27N3O4/c1-13(25)18-17-11-16(19(21(27)28)24(17)20(18)26)15-5-3-14(4-6-15)12-23-9-7-22(2)8-10-23/h3-6,13,17-18,25H,7-12H2,1-2H3,(H,27,28)/t13-,17-,18-/m1/s1. The Bertz CT molecular complexity index is 809. The number of rotatable bonds is 5. The minimum absolute atomic E-state index is 0.0376. The highest BCUT2D eigenvalue weighted by molar-refractivity contribution is 6.05. The molecule has 0 bridgehead atoms. The van der Waals surface area contributed by atoms with Gasteiger partial charge in [0.2, 0.25) is 5.91 Å². The Hall–Kier alpha value is -2.22. The Morgan fingerprint density at radius 3 is 2.50 bits per heavy atom. The van der Waals surface area contributed by atoms with Crippen molar-refractivity contribution in [3.05, 3.63) is 41.1 Å². The summed E-state index contributed by atoms with van der Waals surface area (Å²) in [6, 6.07) is 7.69. The minimum Gasteiger partial charge on any atom is -0.543 e. The molecule has 4 rings (SSSR count). The molecule has 7 heteroatoms. The van der Waals surface area contributed by atoms with E-state index in [9.17, 15) is 19.8 Å². The van der Waals surface area contributed by atoms with Crippen molar-refractivity contribution in [2.45, 2.75) is 32.0 Å². The third-order valence-corrected chi connectivity index (χ3v) is 6.37. The van der Waals surface area contributed by atoms with Gasteiger partial charge in [-0.3, -0.25) is 9.69 Å². The number of hydrogen-bond acceptors (Lipinski definition) is 5. The number of aliphatic hydroxyl groups is 1. The summed E-state index contributed by atoms with van der Waals surface area (Å²) in [6.07, 6.45) is -0.349. The SMILES string of the molecule is C[C@@H](O)[C@H]1C(=O)N2C(C(=O)[O-])=C(c3ccc(C[NH+]4CCN(C)CC4)cc3)C[C@H]12. The maximum atomic E-state index is 12.3. The molecule has 28 heavy (non-hydrogen) atoms. The van der Waals surface area contributed by atoms with Gasteiger partial charge in [0.25, 0.3) is 0 Å². The number of amides is 1. The topological polar surface area (TPSA) is 88.3 Å². The van der Waals surface area contributed by atoms with Crippen LogP contribution in [0.4, 0.5) is 0 Å². The maximum absolute atomic E-state index is 12.3. The first-order valence-electron chi connectivity index (χ1n) is 9.94. The fourth-order valence-corrected chi connectivity index (χ4v) is 4.74. The van der Waals surface area contributed by atoms with Crippen molar-refractivity contribution in [2.24, 2.45) is 5.92 Å². The molecule has 7 nitrogen and oxygen atoms in total. The van der Waals surface area contributed by atoms with Crippen LogP contribution >= 0.6 is 0 Å². The number of carboxylic acids is 1. The summed E-state index contributed by atoms with van der Waals surface area (Å²) in [6.45, 7) is 6.98. The summed E-state index contributed by atoms with van der Waals surface area (Å²) in [5.41, 5.74) is 2.62. The van der Waals surface area contributed by atoms with Crippen LogP contribution in [0, 0.1) is 5.92 Å². The lowest BCUT2D eigenvalue weighted by Gasteiger charge is -2.45. The summed E-state index contributed by atoms with van der Waals surface area (Å²) in [5.74, 6) is -2.20. The van der Waals surface area contributed by atoms with Gasteiger partial charge in [-0.15, -0.1) is 0 Å². The molecule has 3 atom stereocenters. The summed E-state index contributed by atoms with van der Waals surface area (Å²) >= 11 is 0. The highest BCUT2D eigenvalue weighted by atomic mass is 16.4. The molecule has 0 radical (unpaired) electrons. The Labute approximate surface area is 164 Å². The van der Waals surface area contributed by atoms with Gasteiger partial charge >= 0.3 is 0 Å². The van der Waals surface area contributed by atoms with Crippen LogP contribution in [0.3, 0.4) is 0 Å². The van der Waals surface area contributed by atoms with Gasteiger partial charge in [-0.25, -0.2) is 0 Å². The number of nitrogens with one attached hydrogen (secondary N) is 1. The van der Waals surface area contributed by atoms with E-state index in [-0.39, 0.29) is 17.6 Å². The van der Waals surface area contributed by atoms with Gasteiger partial charge < -0.3 is 24.8 Å². The summed E-state index contributed by atoms with van der Waals surface area (Å²) in [5, 5.41) is 21.6. The number of carbonyl (C=O) groups is 2. The molecule has 0 saturated carbocycles. The quantitative estimate of drug-likeness (QED) is 0.578. The first kappa shape index (κ1) is 19.1. The number of β-lactam (4-membered cyclic amide) rings is 1. The van der Waals surface area contributed by atoms with E-state index in [0.717, 1.165) is 38.3 Å². The van der Waals surface area contributed by atoms with Crippen LogP contribution in [0.1, 0.15) is 24.5 Å². The average molecular weight is 385 g/mol. The number of piperazine rings is 1. The van der Waals surface area contributed by atoms with Gasteiger partial charge in [0, 0.05) is 18.7 Å². The molecular formula is C21H27N3O4. The van der Waals surface area contributed by atoms with Crippen molar-refractivity contribution in [1.29, 1.82) is 0 Å². The molecule has 3 aliphatic heterocycles. The van der Waals surface area contributed by atoms with Crippen molar-refractivity contribution in [1.82, 2.24) is 9.80 Å². The molecule has 0 aromatic heterocycles. The van der Waals surface area contributed by atoms with Gasteiger partial charge in [-0.05, 0) is 31.5 Å². The normalized spacial score (nSPS) is 27.0. The summed E-state index contributed by atoms with van der Waals surface area (Å²) in [7, 11) is 2.14. The average Bonchev–Trinajstić information content (AvgIpc) is 2.99. The number of fused-ring (bicyclic) bond motifs is 1. The van der Waals surface area contributed by atoms with Gasteiger partial charge in [-0.2, -0.15) is 0 Å². The van der Waals surface area contributed by atoms with E-state index >= 15 is 0 Å². The Morgan fingerprint density at radius 2 is 1.93 bits per heavy atom. The summed E-state index contributed by atoms with van der Waals surface area (Å²) in [4.78, 5) is 29.2. The van der Waals surface area contributed by atoms with E-state index in [1.807, 2.05) is 24.3 Å². The predicted molar refractivity (Wildman–Crippen MR) is 101 cm³/mol. The Balaban J connectivity index is 1.52. The first-order valence-corrected chi connectivity index (χ1v) is 9.94. The largest absolute Gasteiger partial charge is 0.543 e. The first-order chi connectivity index (χ1) is 13.4. The smallest absolute Gasteiger partial charge is 0.235 e. The number of aliphatic hydroxyl groups excluding tert-OH is 1. The van der Waals surface area contributed by atoms with Crippen molar-refractivity contribution in [3.63, 3.8) is 0 Å². The number of likely N-dealkylation sites (N-methyl/N-ethyl adjacent to an activating group) is 1. The molecule has 1 aromatic carbocycles. The van der Waals surface area contributed by atoms with E-state index in [4.69, 9.17) is 0 Å². The molecule has 0 unspecified atom stereocenters. The second kappa shape index (κ2) is 7.31. The number of nitrogens with zero attached hydrogens (tertiary/aromatic N) is 2. The van der Waals surface area contributed by atoms with Gasteiger partial charge in [0.15, 0.2) is 0 Å². The molecule has 0 aliphatic carbocycles. The van der Waals surface area contributed by atoms with Crippen molar-refractivity contribution in [2.75, 3.05) is 33.2 Å². The molecule has 150 valence electrons. The third kappa shape index (κ3) is 3.23. The van der Waals surface area contributed by atoms with Gasteiger partial charge in [0.05, 0.1) is 42.8 Å². The van der Waals surface area contributed by atoms with E-state index in [0.29, 0.717) is 12.0 Å². The van der Waals surface area contributed by atoms with E-state index in [1.54, 1.807) is 11.8 Å². The number of hydrogen-bond donors (Lipinski definition) is 2. The van der Waals surface area contributed by atoms with Crippen molar-refractivity contribution >= 4 is 17.4 Å². The van der Waals surface area contributed by atoms with Crippen LogP contribution in [0.2, 0.25) is 0 Å². The zero-order valence-electron chi connectivity index (χ0n) is 16.4. The number of aliphatic carboxylic acids is 1. The van der Waals surface area contributed by atoms with E-state index in [2.05, 4.69) is 11.9 Å². The number of quaternary nitrogens is 1. The van der Waals surface area contributed by atoms with Crippen LogP contribution in [0.15, 0.2) is 30.0 Å². The Kier molecular flexibility index (Phi) is 4.99. The molecular weight excluding hydrogens is 358 g/mol. The molecule has 3 heterocycles. The fraction of sp³-hybridized carbons (Fsp3) is 0.524. The highest BCUT2D eigenvalue weighted by Crippen LogP contribution is 2.46. The van der Waals surface area contributed by atoms with Crippen molar-refractivity contribution in [3.8, 4) is 0 Å². The number of carboxylic acid groups (broad SMARTS) is 1. The molecule has 3 aliphatic rings. The van der Waals surface area contributed by atoms with Gasteiger partial charge in [-0.1, -0.05) is 24.3 Å². The maximum Gasteiger partial charge on any atom is 0.235 e. The second-order valence-corrected chi connectivity index (χ2v) is 8.29. The second-order valence-electron chi connectivity index (χ2n) is 8.29. The zero-order chi connectivity index (χ0) is 20.0. The van der Waals surface area contributed by atoms with Crippen LogP contribution in [0.25, 0.3) is 5.57 Å². The lowest BCUT2D eigenvalue weighted by molar-refractivity contribution is -0.918. The summed E-state index contributed by atoms with van der Waals surface area (Å²) < 4.78 is 0. The molecule has 2 N–H and O–H groups in total. The predicted octanol–water partition coefficient (Wildman–Crippen LogP) is -1.91. The lowest BCUT2D eigenvalue weighted by Crippen LogP contribution is -3.13. The molecule has 0 spiro atoms. The third-order valence-electron chi connectivity index (χ3n) is 6.37. The Morgan fingerprint density at radius 1 is 1.29 bits per heavy atom. The van der Waals surface area contributed by atoms with Crippen LogP contribution in [0.5, 0.6) is 0 Å². The lowest BCUT2D eigenvalue weighted by atomic mass is 9.82. The molecule has 1 amide bonds. The minimum atomic E-state index is -1.33. The van der Waals surface area contributed by atoms with E-state index in [1.165, 1.54) is 10.5 Å². The van der Waals surface area contributed by atoms with Crippen molar-refractivity contribution < 1.29 is 24.7 Å². The molecule has 2 saturated heterocycles.